The summed E-state index contributed by atoms with van der Waals surface area (Å²) in [5.41, 5.74) is 10.7. The molecular formula is C36H54BrN3O4. The molecule has 8 heteroatoms. The molecule has 244 valence electrons. The van der Waals surface area contributed by atoms with Crippen LogP contribution in [0.1, 0.15) is 119 Å². The van der Waals surface area contributed by atoms with Crippen molar-refractivity contribution in [3.63, 3.8) is 0 Å². The van der Waals surface area contributed by atoms with Crippen LogP contribution in [-0.4, -0.2) is 60.1 Å². The molecule has 2 aromatic rings. The van der Waals surface area contributed by atoms with Crippen molar-refractivity contribution in [2.45, 2.75) is 110 Å². The van der Waals surface area contributed by atoms with Gasteiger partial charge in [0, 0.05) is 29.0 Å². The zero-order valence-corrected chi connectivity index (χ0v) is 29.0. The summed E-state index contributed by atoms with van der Waals surface area (Å²) >= 11 is 3.56. The van der Waals surface area contributed by atoms with E-state index < -0.39 is 12.0 Å². The number of nitrogens with zero attached hydrogens (tertiary/aromatic N) is 1. The van der Waals surface area contributed by atoms with Crippen LogP contribution in [0.2, 0.25) is 0 Å². The third kappa shape index (κ3) is 10.1. The van der Waals surface area contributed by atoms with E-state index in [4.69, 9.17) is 10.5 Å². The SMILES string of the molecule is CCCN(CCOC(=O)c1cc(Br)c(N)c(C(CC)NC2CCCCC2)c1)C(CO)C(=O)C(C)c1ccc(CC(C)C)cc1. The Morgan fingerprint density at radius 2 is 1.75 bits per heavy atom. The summed E-state index contributed by atoms with van der Waals surface area (Å²) in [7, 11) is 0. The second kappa shape index (κ2) is 18.0. The number of nitrogen functional groups attached to an aromatic ring is 1. The fourth-order valence-corrected chi connectivity index (χ4v) is 6.80. The zero-order chi connectivity index (χ0) is 32.2. The Labute approximate surface area is 273 Å². The third-order valence-electron chi connectivity index (χ3n) is 8.84. The Bertz CT molecular complexity index is 1200. The molecule has 3 rings (SSSR count). The van der Waals surface area contributed by atoms with Gasteiger partial charge in [-0.25, -0.2) is 4.79 Å². The predicted octanol–water partition coefficient (Wildman–Crippen LogP) is 7.21. The maximum absolute atomic E-state index is 13.6. The van der Waals surface area contributed by atoms with Gasteiger partial charge in [-0.3, -0.25) is 9.69 Å². The Balaban J connectivity index is 1.66. The van der Waals surface area contributed by atoms with Gasteiger partial charge < -0.3 is 20.9 Å². The van der Waals surface area contributed by atoms with Crippen LogP contribution in [0.5, 0.6) is 0 Å². The normalized spacial score (nSPS) is 16.2. The van der Waals surface area contributed by atoms with Crippen LogP contribution < -0.4 is 11.1 Å². The predicted molar refractivity (Wildman–Crippen MR) is 183 cm³/mol. The molecule has 1 saturated carbocycles. The maximum Gasteiger partial charge on any atom is 0.338 e. The number of nitrogens with one attached hydrogen (secondary N) is 1. The number of aliphatic hydroxyl groups is 1. The molecule has 0 amide bonds. The van der Waals surface area contributed by atoms with E-state index in [1.165, 1.54) is 24.8 Å². The van der Waals surface area contributed by atoms with Gasteiger partial charge in [-0.1, -0.05) is 78.1 Å². The quantitative estimate of drug-likeness (QED) is 0.121. The lowest BCUT2D eigenvalue weighted by molar-refractivity contribution is -0.127. The summed E-state index contributed by atoms with van der Waals surface area (Å²) in [6.07, 6.45) is 8.74. The number of halogens is 1. The van der Waals surface area contributed by atoms with Gasteiger partial charge in [0.05, 0.1) is 23.9 Å². The van der Waals surface area contributed by atoms with Gasteiger partial charge in [-0.2, -0.15) is 0 Å². The first-order valence-corrected chi connectivity index (χ1v) is 17.4. The van der Waals surface area contributed by atoms with Crippen LogP contribution >= 0.6 is 15.9 Å². The first-order chi connectivity index (χ1) is 21.1. The van der Waals surface area contributed by atoms with Crippen LogP contribution in [0.25, 0.3) is 0 Å². The van der Waals surface area contributed by atoms with E-state index in [-0.39, 0.29) is 31.0 Å². The van der Waals surface area contributed by atoms with E-state index in [1.807, 2.05) is 36.9 Å². The molecular weight excluding hydrogens is 618 g/mol. The molecule has 44 heavy (non-hydrogen) atoms. The second-order valence-corrected chi connectivity index (χ2v) is 13.6. The van der Waals surface area contributed by atoms with Crippen molar-refractivity contribution in [2.75, 3.05) is 32.0 Å². The Morgan fingerprint density at radius 1 is 1.07 bits per heavy atom. The highest BCUT2D eigenvalue weighted by molar-refractivity contribution is 9.10. The number of carbonyl (C=O) groups excluding carboxylic acids is 2. The molecule has 3 unspecified atom stereocenters. The number of ketones is 1. The lowest BCUT2D eigenvalue weighted by Gasteiger charge is -2.31. The first kappa shape index (κ1) is 36.2. The molecule has 7 nitrogen and oxygen atoms in total. The number of hydrogen-bond acceptors (Lipinski definition) is 7. The highest BCUT2D eigenvalue weighted by Gasteiger charge is 2.30. The van der Waals surface area contributed by atoms with Crippen molar-refractivity contribution in [1.82, 2.24) is 10.2 Å². The maximum atomic E-state index is 13.6. The van der Waals surface area contributed by atoms with Crippen LogP contribution in [-0.2, 0) is 16.0 Å². The van der Waals surface area contributed by atoms with Gasteiger partial charge in [-0.05, 0) is 89.3 Å². The lowest BCUT2D eigenvalue weighted by atomic mass is 9.90. The van der Waals surface area contributed by atoms with Crippen LogP contribution in [0.3, 0.4) is 0 Å². The first-order valence-electron chi connectivity index (χ1n) is 16.6. The highest BCUT2D eigenvalue weighted by Crippen LogP contribution is 2.33. The molecule has 1 fully saturated rings. The summed E-state index contributed by atoms with van der Waals surface area (Å²) in [4.78, 5) is 28.7. The fraction of sp³-hybridized carbons (Fsp3) is 0.611. The van der Waals surface area contributed by atoms with Gasteiger partial charge >= 0.3 is 5.97 Å². The Hall–Kier alpha value is -2.26. The Kier molecular flexibility index (Phi) is 14.8. The number of carbonyl (C=O) groups is 2. The van der Waals surface area contributed by atoms with Crippen molar-refractivity contribution in [1.29, 1.82) is 0 Å². The van der Waals surface area contributed by atoms with Crippen molar-refractivity contribution in [3.8, 4) is 0 Å². The highest BCUT2D eigenvalue weighted by atomic mass is 79.9. The van der Waals surface area contributed by atoms with E-state index in [1.54, 1.807) is 6.07 Å². The van der Waals surface area contributed by atoms with Gasteiger partial charge in [0.25, 0.3) is 0 Å². The number of rotatable bonds is 17. The average molecular weight is 673 g/mol. The van der Waals surface area contributed by atoms with Crippen LogP contribution in [0, 0.1) is 5.92 Å². The van der Waals surface area contributed by atoms with Gasteiger partial charge in [0.1, 0.15) is 6.61 Å². The summed E-state index contributed by atoms with van der Waals surface area (Å²) in [5, 5.41) is 14.1. The van der Waals surface area contributed by atoms with Crippen molar-refractivity contribution >= 4 is 33.4 Å². The molecule has 1 aliphatic carbocycles. The topological polar surface area (TPSA) is 105 Å². The molecule has 0 saturated heterocycles. The van der Waals surface area contributed by atoms with E-state index >= 15 is 0 Å². The van der Waals surface area contributed by atoms with Gasteiger partial charge in [0.2, 0.25) is 0 Å². The molecule has 0 aliphatic heterocycles. The smallest absolute Gasteiger partial charge is 0.338 e. The number of aliphatic hydroxyl groups excluding tert-OH is 1. The van der Waals surface area contributed by atoms with E-state index in [0.29, 0.717) is 40.8 Å². The molecule has 2 aromatic carbocycles. The van der Waals surface area contributed by atoms with Gasteiger partial charge in [-0.15, -0.1) is 0 Å². The standard InChI is InChI=1S/C36H54BrN3O4/c1-6-17-40(33(23-41)35(42)25(5)27-15-13-26(14-16-27)20-24(3)4)18-19-44-36(43)28-21-30(34(38)31(37)22-28)32(7-2)39-29-11-9-8-10-12-29/h13-16,21-22,24-25,29,32-33,39,41H,6-12,17-20,23,38H2,1-5H3. The molecule has 4 N–H and O–H groups in total. The van der Waals surface area contributed by atoms with Gasteiger partial charge in [0.15, 0.2) is 5.78 Å². The number of hydrogen-bond donors (Lipinski definition) is 3. The third-order valence-corrected chi connectivity index (χ3v) is 9.49. The number of esters is 1. The molecule has 0 bridgehead atoms. The number of benzene rings is 2. The fourth-order valence-electron chi connectivity index (χ4n) is 6.33. The molecule has 1 aliphatic rings. The summed E-state index contributed by atoms with van der Waals surface area (Å²) < 4.78 is 6.40. The summed E-state index contributed by atoms with van der Waals surface area (Å²) in [6.45, 7) is 11.2. The van der Waals surface area contributed by atoms with Crippen molar-refractivity contribution in [3.05, 3.63) is 63.1 Å². The number of ether oxygens (including phenoxy) is 1. The average Bonchev–Trinajstić information content (AvgIpc) is 3.01. The number of anilines is 1. The molecule has 0 aromatic heterocycles. The molecule has 0 spiro atoms. The molecule has 0 radical (unpaired) electrons. The zero-order valence-electron chi connectivity index (χ0n) is 27.4. The Morgan fingerprint density at radius 3 is 2.34 bits per heavy atom. The minimum Gasteiger partial charge on any atom is -0.461 e. The minimum absolute atomic E-state index is 0.0351. The number of nitrogens with two attached hydrogens (primary N) is 1. The van der Waals surface area contributed by atoms with Crippen molar-refractivity contribution < 1.29 is 19.4 Å². The summed E-state index contributed by atoms with van der Waals surface area (Å²) in [6, 6.07) is 11.6. The second-order valence-electron chi connectivity index (χ2n) is 12.8. The molecule has 0 heterocycles. The molecule has 3 atom stereocenters. The van der Waals surface area contributed by atoms with E-state index in [9.17, 15) is 14.7 Å². The minimum atomic E-state index is -0.674. The largest absolute Gasteiger partial charge is 0.461 e. The lowest BCUT2D eigenvalue weighted by Crippen LogP contribution is -2.47. The number of Topliss-reactive ketones (excluding diaryl/α,β-unsaturated/α-hetero) is 1. The summed E-state index contributed by atoms with van der Waals surface area (Å²) in [5.74, 6) is -0.262. The van der Waals surface area contributed by atoms with E-state index in [0.717, 1.165) is 43.2 Å². The monoisotopic (exact) mass is 671 g/mol. The van der Waals surface area contributed by atoms with E-state index in [2.05, 4.69) is 54.2 Å². The van der Waals surface area contributed by atoms with Crippen LogP contribution in [0.4, 0.5) is 5.69 Å². The van der Waals surface area contributed by atoms with Crippen LogP contribution in [0.15, 0.2) is 40.9 Å². The van der Waals surface area contributed by atoms with Crippen molar-refractivity contribution in [2.24, 2.45) is 5.92 Å².